The van der Waals surface area contributed by atoms with E-state index in [4.69, 9.17) is 14.9 Å². The summed E-state index contributed by atoms with van der Waals surface area (Å²) in [6.45, 7) is 4.44. The summed E-state index contributed by atoms with van der Waals surface area (Å²) >= 11 is 0. The summed E-state index contributed by atoms with van der Waals surface area (Å²) in [5.41, 5.74) is 0. The SMILES string of the molecule is COCCN(CCO)C(=O)NC(CC(=O)O)C(C)C. The van der Waals surface area contributed by atoms with Gasteiger partial charge < -0.3 is 25.2 Å². The van der Waals surface area contributed by atoms with Crippen molar-refractivity contribution in [2.75, 3.05) is 33.4 Å². The number of carboxylic acid groups (broad SMARTS) is 1. The van der Waals surface area contributed by atoms with E-state index in [1.165, 1.54) is 12.0 Å². The number of hydrogen-bond acceptors (Lipinski definition) is 4. The Kier molecular flexibility index (Phi) is 8.90. The van der Waals surface area contributed by atoms with Gasteiger partial charge in [0, 0.05) is 26.2 Å². The quantitative estimate of drug-likeness (QED) is 0.556. The summed E-state index contributed by atoms with van der Waals surface area (Å²) in [5, 5.41) is 20.4. The van der Waals surface area contributed by atoms with Gasteiger partial charge in [0.25, 0.3) is 0 Å². The number of aliphatic carboxylic acids is 1. The van der Waals surface area contributed by atoms with Gasteiger partial charge in [-0.2, -0.15) is 0 Å². The largest absolute Gasteiger partial charge is 0.481 e. The van der Waals surface area contributed by atoms with E-state index in [-0.39, 0.29) is 31.5 Å². The zero-order valence-electron chi connectivity index (χ0n) is 11.8. The molecule has 1 unspecified atom stereocenters. The van der Waals surface area contributed by atoms with Crippen molar-refractivity contribution in [2.24, 2.45) is 5.92 Å². The molecule has 0 saturated carbocycles. The third kappa shape index (κ3) is 7.63. The normalized spacial score (nSPS) is 12.3. The number of aliphatic hydroxyl groups is 1. The van der Waals surface area contributed by atoms with Crippen LogP contribution in [-0.2, 0) is 9.53 Å². The van der Waals surface area contributed by atoms with Crippen LogP contribution in [0.4, 0.5) is 4.79 Å². The molecule has 0 aromatic carbocycles. The molecule has 0 rings (SSSR count). The number of rotatable bonds is 9. The Balaban J connectivity index is 4.51. The van der Waals surface area contributed by atoms with Gasteiger partial charge in [-0.25, -0.2) is 4.79 Å². The average Bonchev–Trinajstić information content (AvgIpc) is 2.32. The second-order valence-electron chi connectivity index (χ2n) is 4.60. The number of hydrogen-bond donors (Lipinski definition) is 3. The fourth-order valence-electron chi connectivity index (χ4n) is 1.53. The summed E-state index contributed by atoms with van der Waals surface area (Å²) in [5.74, 6) is -0.942. The zero-order chi connectivity index (χ0) is 14.8. The molecule has 0 saturated heterocycles. The van der Waals surface area contributed by atoms with E-state index in [2.05, 4.69) is 5.32 Å². The van der Waals surface area contributed by atoms with Crippen LogP contribution in [0, 0.1) is 5.92 Å². The van der Waals surface area contributed by atoms with Crippen molar-refractivity contribution in [1.29, 1.82) is 0 Å². The molecule has 0 aliphatic rings. The minimum atomic E-state index is -0.954. The monoisotopic (exact) mass is 276 g/mol. The Bertz CT molecular complexity index is 283. The lowest BCUT2D eigenvalue weighted by atomic mass is 10.0. The van der Waals surface area contributed by atoms with Gasteiger partial charge in [-0.15, -0.1) is 0 Å². The molecular formula is C12H24N2O5. The van der Waals surface area contributed by atoms with E-state index in [0.29, 0.717) is 13.2 Å². The van der Waals surface area contributed by atoms with Crippen molar-refractivity contribution in [2.45, 2.75) is 26.3 Å². The summed E-state index contributed by atoms with van der Waals surface area (Å²) < 4.78 is 4.89. The van der Waals surface area contributed by atoms with E-state index in [9.17, 15) is 9.59 Å². The van der Waals surface area contributed by atoms with Crippen molar-refractivity contribution in [3.8, 4) is 0 Å². The van der Waals surface area contributed by atoms with Crippen molar-refractivity contribution in [1.82, 2.24) is 10.2 Å². The van der Waals surface area contributed by atoms with Crippen LogP contribution in [-0.4, -0.2) is 66.6 Å². The van der Waals surface area contributed by atoms with Crippen LogP contribution in [0.3, 0.4) is 0 Å². The van der Waals surface area contributed by atoms with E-state index < -0.39 is 12.0 Å². The predicted octanol–water partition coefficient (Wildman–Crippen LogP) is 0.136. The number of amides is 2. The summed E-state index contributed by atoms with van der Waals surface area (Å²) in [7, 11) is 1.52. The lowest BCUT2D eigenvalue weighted by molar-refractivity contribution is -0.137. The molecule has 0 spiro atoms. The van der Waals surface area contributed by atoms with Crippen LogP contribution in [0.5, 0.6) is 0 Å². The summed E-state index contributed by atoms with van der Waals surface area (Å²) in [6, 6.07) is -0.820. The van der Waals surface area contributed by atoms with Gasteiger partial charge in [0.15, 0.2) is 0 Å². The van der Waals surface area contributed by atoms with E-state index in [0.717, 1.165) is 0 Å². The van der Waals surface area contributed by atoms with Crippen molar-refractivity contribution in [3.63, 3.8) is 0 Å². The number of urea groups is 1. The van der Waals surface area contributed by atoms with Gasteiger partial charge in [0.2, 0.25) is 0 Å². The van der Waals surface area contributed by atoms with Crippen LogP contribution in [0.15, 0.2) is 0 Å². The number of carbonyl (C=O) groups is 2. The predicted molar refractivity (Wildman–Crippen MR) is 69.9 cm³/mol. The van der Waals surface area contributed by atoms with Gasteiger partial charge in [0.05, 0.1) is 19.6 Å². The third-order valence-corrected chi connectivity index (χ3v) is 2.73. The van der Waals surface area contributed by atoms with Gasteiger partial charge in [0.1, 0.15) is 0 Å². The number of ether oxygens (including phenoxy) is 1. The summed E-state index contributed by atoms with van der Waals surface area (Å²) in [4.78, 5) is 24.1. The Labute approximate surface area is 113 Å². The molecule has 0 heterocycles. The molecule has 0 fully saturated rings. The molecule has 112 valence electrons. The summed E-state index contributed by atoms with van der Waals surface area (Å²) in [6.07, 6.45) is -0.124. The molecular weight excluding hydrogens is 252 g/mol. The molecule has 19 heavy (non-hydrogen) atoms. The lowest BCUT2D eigenvalue weighted by Crippen LogP contribution is -2.49. The highest BCUT2D eigenvalue weighted by Gasteiger charge is 2.22. The average molecular weight is 276 g/mol. The molecule has 2 amide bonds. The smallest absolute Gasteiger partial charge is 0.317 e. The molecule has 0 radical (unpaired) electrons. The Hall–Kier alpha value is -1.34. The van der Waals surface area contributed by atoms with E-state index in [1.54, 1.807) is 0 Å². The number of carboxylic acids is 1. The second kappa shape index (κ2) is 9.57. The topological polar surface area (TPSA) is 99.1 Å². The first kappa shape index (κ1) is 17.7. The van der Waals surface area contributed by atoms with Crippen LogP contribution in [0.25, 0.3) is 0 Å². The molecule has 0 bridgehead atoms. The van der Waals surface area contributed by atoms with Gasteiger partial charge in [-0.3, -0.25) is 4.79 Å². The molecule has 0 aliphatic carbocycles. The molecule has 1 atom stereocenters. The van der Waals surface area contributed by atoms with Crippen LogP contribution in [0.2, 0.25) is 0 Å². The fraction of sp³-hybridized carbons (Fsp3) is 0.833. The molecule has 3 N–H and O–H groups in total. The van der Waals surface area contributed by atoms with E-state index in [1.807, 2.05) is 13.8 Å². The van der Waals surface area contributed by atoms with Gasteiger partial charge in [-0.1, -0.05) is 13.8 Å². The van der Waals surface area contributed by atoms with Crippen molar-refractivity contribution in [3.05, 3.63) is 0 Å². The van der Waals surface area contributed by atoms with Crippen LogP contribution >= 0.6 is 0 Å². The maximum Gasteiger partial charge on any atom is 0.317 e. The number of aliphatic hydroxyl groups excluding tert-OH is 1. The van der Waals surface area contributed by atoms with Gasteiger partial charge in [-0.05, 0) is 5.92 Å². The number of nitrogens with one attached hydrogen (secondary N) is 1. The minimum Gasteiger partial charge on any atom is -0.481 e. The standard InChI is InChI=1S/C12H24N2O5/c1-9(2)10(8-11(16)17)13-12(18)14(4-6-15)5-7-19-3/h9-10,15H,4-8H2,1-3H3,(H,13,18)(H,16,17). The van der Waals surface area contributed by atoms with Crippen LogP contribution in [0.1, 0.15) is 20.3 Å². The van der Waals surface area contributed by atoms with Crippen molar-refractivity contribution < 1.29 is 24.5 Å². The lowest BCUT2D eigenvalue weighted by Gasteiger charge is -2.27. The maximum absolute atomic E-state index is 12.0. The highest BCUT2D eigenvalue weighted by molar-refractivity contribution is 5.76. The fourth-order valence-corrected chi connectivity index (χ4v) is 1.53. The molecule has 0 aromatic heterocycles. The van der Waals surface area contributed by atoms with Gasteiger partial charge >= 0.3 is 12.0 Å². The first-order valence-corrected chi connectivity index (χ1v) is 6.29. The Morgan fingerprint density at radius 2 is 1.95 bits per heavy atom. The number of nitrogens with zero attached hydrogens (tertiary/aromatic N) is 1. The number of carbonyl (C=O) groups excluding carboxylic acids is 1. The third-order valence-electron chi connectivity index (χ3n) is 2.73. The molecule has 7 heteroatoms. The second-order valence-corrected chi connectivity index (χ2v) is 4.60. The Morgan fingerprint density at radius 1 is 1.32 bits per heavy atom. The molecule has 0 aromatic rings. The Morgan fingerprint density at radius 3 is 2.37 bits per heavy atom. The highest BCUT2D eigenvalue weighted by atomic mass is 16.5. The number of methoxy groups -OCH3 is 1. The maximum atomic E-state index is 12.0. The first-order chi connectivity index (χ1) is 8.92. The highest BCUT2D eigenvalue weighted by Crippen LogP contribution is 2.07. The minimum absolute atomic E-state index is 0.0125. The van der Waals surface area contributed by atoms with E-state index >= 15 is 0 Å². The molecule has 0 aliphatic heterocycles. The van der Waals surface area contributed by atoms with Crippen LogP contribution < -0.4 is 5.32 Å². The zero-order valence-corrected chi connectivity index (χ0v) is 11.8. The molecule has 7 nitrogen and oxygen atoms in total. The first-order valence-electron chi connectivity index (χ1n) is 6.29. The van der Waals surface area contributed by atoms with Crippen molar-refractivity contribution >= 4 is 12.0 Å².